The van der Waals surface area contributed by atoms with E-state index in [1.807, 2.05) is 0 Å². The number of nitro benzene ring substituents is 1. The SMILES string of the molecule is CCOC(=O)C1=C(CN2CCN(c3cccc(C)c3)CC2)NC(=O)NC1c1ccc([N+](=O)[O-])cc1. The number of ether oxygens (including phenoxy) is 1. The molecule has 2 aromatic rings. The monoisotopic (exact) mass is 479 g/mol. The Labute approximate surface area is 203 Å². The van der Waals surface area contributed by atoms with Gasteiger partial charge in [-0.1, -0.05) is 12.1 Å². The number of esters is 1. The van der Waals surface area contributed by atoms with Gasteiger partial charge in [0.15, 0.2) is 0 Å². The lowest BCUT2D eigenvalue weighted by atomic mass is 9.94. The van der Waals surface area contributed by atoms with E-state index in [0.29, 0.717) is 23.4 Å². The van der Waals surface area contributed by atoms with Crippen molar-refractivity contribution in [2.24, 2.45) is 0 Å². The lowest BCUT2D eigenvalue weighted by Crippen LogP contribution is -2.51. The zero-order valence-corrected chi connectivity index (χ0v) is 19.8. The Balaban J connectivity index is 1.56. The smallest absolute Gasteiger partial charge is 0.338 e. The zero-order valence-electron chi connectivity index (χ0n) is 19.8. The Morgan fingerprint density at radius 3 is 2.49 bits per heavy atom. The van der Waals surface area contributed by atoms with Gasteiger partial charge in [-0.25, -0.2) is 9.59 Å². The maximum Gasteiger partial charge on any atom is 0.338 e. The number of piperazine rings is 1. The van der Waals surface area contributed by atoms with E-state index in [9.17, 15) is 19.7 Å². The number of benzene rings is 2. The average Bonchev–Trinajstić information content (AvgIpc) is 2.84. The second-order valence-corrected chi connectivity index (χ2v) is 8.60. The Kier molecular flexibility index (Phi) is 7.31. The second-order valence-electron chi connectivity index (χ2n) is 8.60. The minimum atomic E-state index is -0.771. The third-order valence-corrected chi connectivity index (χ3v) is 6.21. The third-order valence-electron chi connectivity index (χ3n) is 6.21. The molecule has 1 unspecified atom stereocenters. The molecule has 2 amide bonds. The van der Waals surface area contributed by atoms with Crippen molar-refractivity contribution in [1.82, 2.24) is 15.5 Å². The summed E-state index contributed by atoms with van der Waals surface area (Å²) in [5.41, 5.74) is 3.69. The van der Waals surface area contributed by atoms with Crippen molar-refractivity contribution in [2.75, 3.05) is 44.2 Å². The first kappa shape index (κ1) is 24.2. The predicted molar refractivity (Wildman–Crippen MR) is 131 cm³/mol. The highest BCUT2D eigenvalue weighted by atomic mass is 16.6. The highest BCUT2D eigenvalue weighted by Gasteiger charge is 2.35. The van der Waals surface area contributed by atoms with Crippen LogP contribution in [-0.4, -0.2) is 61.2 Å². The summed E-state index contributed by atoms with van der Waals surface area (Å²) in [7, 11) is 0. The largest absolute Gasteiger partial charge is 0.463 e. The van der Waals surface area contributed by atoms with Crippen LogP contribution in [0.3, 0.4) is 0 Å². The molecule has 35 heavy (non-hydrogen) atoms. The molecule has 0 radical (unpaired) electrons. The Morgan fingerprint density at radius 1 is 1.14 bits per heavy atom. The van der Waals surface area contributed by atoms with Crippen LogP contribution in [0.1, 0.15) is 24.1 Å². The minimum Gasteiger partial charge on any atom is -0.463 e. The molecule has 10 heteroatoms. The summed E-state index contributed by atoms with van der Waals surface area (Å²) >= 11 is 0. The van der Waals surface area contributed by atoms with Crippen molar-refractivity contribution in [2.45, 2.75) is 19.9 Å². The highest BCUT2D eigenvalue weighted by molar-refractivity contribution is 5.95. The van der Waals surface area contributed by atoms with Crippen LogP contribution in [0.25, 0.3) is 0 Å². The lowest BCUT2D eigenvalue weighted by Gasteiger charge is -2.38. The van der Waals surface area contributed by atoms with Crippen LogP contribution >= 0.6 is 0 Å². The molecule has 0 saturated carbocycles. The van der Waals surface area contributed by atoms with Crippen LogP contribution in [0.5, 0.6) is 0 Å². The molecule has 2 aromatic carbocycles. The number of anilines is 1. The van der Waals surface area contributed by atoms with Gasteiger partial charge < -0.3 is 20.3 Å². The van der Waals surface area contributed by atoms with Gasteiger partial charge in [0.05, 0.1) is 23.1 Å². The normalized spacial score (nSPS) is 18.6. The summed E-state index contributed by atoms with van der Waals surface area (Å²) in [4.78, 5) is 40.6. The van der Waals surface area contributed by atoms with Crippen LogP contribution in [-0.2, 0) is 9.53 Å². The van der Waals surface area contributed by atoms with E-state index >= 15 is 0 Å². The maximum atomic E-state index is 13.0. The standard InChI is InChI=1S/C25H29N5O5/c1-3-35-24(31)22-21(16-28-11-13-29(14-12-28)20-6-4-5-17(2)15-20)26-25(32)27-23(22)18-7-9-19(10-8-18)30(33)34/h4-10,15,23H,3,11-14,16H2,1-2H3,(H2,26,27,32). The summed E-state index contributed by atoms with van der Waals surface area (Å²) in [6.07, 6.45) is 0. The Hall–Kier alpha value is -3.92. The summed E-state index contributed by atoms with van der Waals surface area (Å²) in [5.74, 6) is -0.531. The maximum absolute atomic E-state index is 13.0. The molecule has 10 nitrogen and oxygen atoms in total. The van der Waals surface area contributed by atoms with Crippen molar-refractivity contribution in [3.63, 3.8) is 0 Å². The van der Waals surface area contributed by atoms with E-state index in [1.165, 1.54) is 23.4 Å². The Bertz CT molecular complexity index is 1140. The summed E-state index contributed by atoms with van der Waals surface area (Å²) in [6.45, 7) is 7.53. The molecule has 0 aliphatic carbocycles. The fourth-order valence-electron chi connectivity index (χ4n) is 4.44. The zero-order chi connectivity index (χ0) is 24.9. The minimum absolute atomic E-state index is 0.0672. The van der Waals surface area contributed by atoms with Gasteiger partial charge in [0.25, 0.3) is 5.69 Å². The lowest BCUT2D eigenvalue weighted by molar-refractivity contribution is -0.384. The van der Waals surface area contributed by atoms with E-state index < -0.39 is 23.0 Å². The van der Waals surface area contributed by atoms with Gasteiger partial charge in [-0.15, -0.1) is 0 Å². The van der Waals surface area contributed by atoms with Crippen LogP contribution in [0, 0.1) is 17.0 Å². The molecular formula is C25H29N5O5. The van der Waals surface area contributed by atoms with E-state index in [4.69, 9.17) is 4.74 Å². The van der Waals surface area contributed by atoms with Gasteiger partial charge >= 0.3 is 12.0 Å². The molecule has 0 aromatic heterocycles. The van der Waals surface area contributed by atoms with E-state index in [2.05, 4.69) is 51.6 Å². The molecule has 4 rings (SSSR count). The Morgan fingerprint density at radius 2 is 1.86 bits per heavy atom. The van der Waals surface area contributed by atoms with Crippen molar-refractivity contribution < 1.29 is 19.2 Å². The van der Waals surface area contributed by atoms with E-state index in [1.54, 1.807) is 19.1 Å². The van der Waals surface area contributed by atoms with Gasteiger partial charge in [0.1, 0.15) is 0 Å². The number of nitrogens with zero attached hydrogens (tertiary/aromatic N) is 3. The second kappa shape index (κ2) is 10.6. The van der Waals surface area contributed by atoms with Crippen molar-refractivity contribution >= 4 is 23.4 Å². The molecule has 1 saturated heterocycles. The molecule has 2 N–H and O–H groups in total. The number of nitro groups is 1. The summed E-state index contributed by atoms with van der Waals surface area (Å²) < 4.78 is 5.31. The van der Waals surface area contributed by atoms with Crippen molar-refractivity contribution in [3.8, 4) is 0 Å². The summed E-state index contributed by atoms with van der Waals surface area (Å²) in [6, 6.07) is 13.0. The number of amides is 2. The van der Waals surface area contributed by atoms with Crippen molar-refractivity contribution in [3.05, 3.63) is 81.0 Å². The van der Waals surface area contributed by atoms with E-state index in [-0.39, 0.29) is 12.3 Å². The highest BCUT2D eigenvalue weighted by Crippen LogP contribution is 2.29. The molecule has 184 valence electrons. The number of carbonyl (C=O) groups is 2. The average molecular weight is 480 g/mol. The number of carbonyl (C=O) groups excluding carboxylic acids is 2. The molecule has 0 bridgehead atoms. The number of hydrogen-bond acceptors (Lipinski definition) is 7. The number of urea groups is 1. The molecule has 2 heterocycles. The summed E-state index contributed by atoms with van der Waals surface area (Å²) in [5, 5.41) is 16.6. The predicted octanol–water partition coefficient (Wildman–Crippen LogP) is 2.90. The van der Waals surface area contributed by atoms with E-state index in [0.717, 1.165) is 26.2 Å². The first-order chi connectivity index (χ1) is 16.9. The molecule has 2 aliphatic heterocycles. The molecule has 1 atom stereocenters. The first-order valence-corrected chi connectivity index (χ1v) is 11.6. The molecular weight excluding hydrogens is 450 g/mol. The van der Waals surface area contributed by atoms with Gasteiger partial charge in [-0.2, -0.15) is 0 Å². The fourth-order valence-corrected chi connectivity index (χ4v) is 4.44. The number of non-ortho nitro benzene ring substituents is 1. The number of rotatable bonds is 7. The van der Waals surface area contributed by atoms with Crippen molar-refractivity contribution in [1.29, 1.82) is 0 Å². The topological polar surface area (TPSA) is 117 Å². The first-order valence-electron chi connectivity index (χ1n) is 11.6. The fraction of sp³-hybridized carbons (Fsp3) is 0.360. The van der Waals surface area contributed by atoms with Crippen LogP contribution in [0.15, 0.2) is 59.8 Å². The molecule has 0 spiro atoms. The van der Waals surface area contributed by atoms with Gasteiger partial charge in [-0.05, 0) is 49.2 Å². The van der Waals surface area contributed by atoms with Gasteiger partial charge in [-0.3, -0.25) is 15.0 Å². The molecule has 2 aliphatic rings. The van der Waals surface area contributed by atoms with Crippen LogP contribution in [0.2, 0.25) is 0 Å². The van der Waals surface area contributed by atoms with Crippen LogP contribution < -0.4 is 15.5 Å². The quantitative estimate of drug-likeness (QED) is 0.356. The number of aryl methyl sites for hydroxylation is 1. The third kappa shape index (κ3) is 5.60. The number of hydrogen-bond donors (Lipinski definition) is 2. The number of nitrogens with one attached hydrogen (secondary N) is 2. The van der Waals surface area contributed by atoms with Crippen LogP contribution in [0.4, 0.5) is 16.2 Å². The van der Waals surface area contributed by atoms with Gasteiger partial charge in [0, 0.05) is 56.2 Å². The van der Waals surface area contributed by atoms with Gasteiger partial charge in [0.2, 0.25) is 0 Å². The molecule has 1 fully saturated rings.